The van der Waals surface area contributed by atoms with Crippen LogP contribution in [0.4, 0.5) is 0 Å². The van der Waals surface area contributed by atoms with Crippen LogP contribution in [0.5, 0.6) is 0 Å². The van der Waals surface area contributed by atoms with E-state index >= 15 is 0 Å². The predicted octanol–water partition coefficient (Wildman–Crippen LogP) is 0.959. The summed E-state index contributed by atoms with van der Waals surface area (Å²) in [5.74, 6) is 0.436. The summed E-state index contributed by atoms with van der Waals surface area (Å²) in [4.78, 5) is 11.3. The van der Waals surface area contributed by atoms with Crippen LogP contribution < -0.4 is 9.78 Å². The molecule has 1 aliphatic rings. The molecule has 1 saturated heterocycles. The van der Waals surface area contributed by atoms with Crippen molar-refractivity contribution in [1.82, 2.24) is 5.32 Å². The zero-order chi connectivity index (χ0) is 10.7. The normalized spacial score (nSPS) is 25.3. The summed E-state index contributed by atoms with van der Waals surface area (Å²) in [5, 5.41) is 4.17. The van der Waals surface area contributed by atoms with Gasteiger partial charge in [-0.25, -0.2) is 0 Å². The van der Waals surface area contributed by atoms with Crippen LogP contribution in [0, 0.1) is 5.92 Å². The first kappa shape index (κ1) is 10.7. The molecule has 0 aliphatic carbocycles. The van der Waals surface area contributed by atoms with Gasteiger partial charge >= 0.3 is 96.4 Å². The van der Waals surface area contributed by atoms with Gasteiger partial charge in [-0.1, -0.05) is 0 Å². The van der Waals surface area contributed by atoms with E-state index in [0.717, 1.165) is 11.7 Å². The molecule has 0 saturated carbocycles. The second kappa shape index (κ2) is 4.82. The van der Waals surface area contributed by atoms with Gasteiger partial charge in [0.1, 0.15) is 0 Å². The van der Waals surface area contributed by atoms with E-state index in [4.69, 9.17) is 0 Å². The number of hydrogen-bond donors (Lipinski definition) is 1. The van der Waals surface area contributed by atoms with Crippen molar-refractivity contribution in [1.29, 1.82) is 0 Å². The van der Waals surface area contributed by atoms with Crippen LogP contribution in [0.3, 0.4) is 0 Å². The molecule has 0 bridgehead atoms. The summed E-state index contributed by atoms with van der Waals surface area (Å²) >= 11 is 0.489. The van der Waals surface area contributed by atoms with Crippen LogP contribution in [-0.4, -0.2) is 26.9 Å². The van der Waals surface area contributed by atoms with Crippen LogP contribution in [0.15, 0.2) is 30.3 Å². The standard InChI is InChI=1S/C12H15NOSe/c1-9-7-10(13-12(9)14)8-15-11-5-3-2-4-6-11/h2-6,9-10H,7-8H2,1H3,(H,13,14). The summed E-state index contributed by atoms with van der Waals surface area (Å²) < 4.78 is 1.42. The molecule has 80 valence electrons. The van der Waals surface area contributed by atoms with Gasteiger partial charge in [0.25, 0.3) is 0 Å². The van der Waals surface area contributed by atoms with Gasteiger partial charge in [-0.05, 0) is 0 Å². The Bertz CT molecular complexity index is 339. The van der Waals surface area contributed by atoms with Crippen molar-refractivity contribution in [3.8, 4) is 0 Å². The minimum absolute atomic E-state index is 0.210. The number of nitrogens with one attached hydrogen (secondary N) is 1. The third-order valence-corrected chi connectivity index (χ3v) is 5.09. The molecule has 3 heteroatoms. The summed E-state index contributed by atoms with van der Waals surface area (Å²) in [7, 11) is 0. The van der Waals surface area contributed by atoms with Gasteiger partial charge in [0.2, 0.25) is 0 Å². The molecule has 1 heterocycles. The third kappa shape index (κ3) is 2.83. The average molecular weight is 268 g/mol. The molecule has 15 heavy (non-hydrogen) atoms. The molecule has 1 aliphatic heterocycles. The quantitative estimate of drug-likeness (QED) is 0.813. The number of hydrogen-bond acceptors (Lipinski definition) is 1. The molecule has 1 amide bonds. The van der Waals surface area contributed by atoms with E-state index < -0.39 is 0 Å². The fourth-order valence-corrected chi connectivity index (χ4v) is 3.78. The summed E-state index contributed by atoms with van der Waals surface area (Å²) in [6.45, 7) is 2.00. The maximum atomic E-state index is 11.3. The molecule has 1 fully saturated rings. The van der Waals surface area contributed by atoms with Crippen molar-refractivity contribution in [2.45, 2.75) is 24.7 Å². The van der Waals surface area contributed by atoms with Crippen LogP contribution in [0.25, 0.3) is 0 Å². The summed E-state index contributed by atoms with van der Waals surface area (Å²) in [5.41, 5.74) is 0. The van der Waals surface area contributed by atoms with Crippen LogP contribution >= 0.6 is 0 Å². The van der Waals surface area contributed by atoms with E-state index in [2.05, 4.69) is 29.6 Å². The number of benzene rings is 1. The molecule has 2 nitrogen and oxygen atoms in total. The van der Waals surface area contributed by atoms with Crippen molar-refractivity contribution in [2.75, 3.05) is 0 Å². The molecule has 2 unspecified atom stereocenters. The van der Waals surface area contributed by atoms with Crippen LogP contribution in [0.1, 0.15) is 13.3 Å². The molecule has 0 spiro atoms. The van der Waals surface area contributed by atoms with E-state index in [0.29, 0.717) is 21.0 Å². The Kier molecular flexibility index (Phi) is 3.45. The monoisotopic (exact) mass is 269 g/mol. The van der Waals surface area contributed by atoms with Gasteiger partial charge in [0, 0.05) is 0 Å². The van der Waals surface area contributed by atoms with Gasteiger partial charge < -0.3 is 0 Å². The Balaban J connectivity index is 1.82. The number of carbonyl (C=O) groups excluding carboxylic acids is 1. The first-order valence-corrected chi connectivity index (χ1v) is 7.30. The average Bonchev–Trinajstić information content (AvgIpc) is 2.57. The first-order chi connectivity index (χ1) is 7.25. The molecular weight excluding hydrogens is 253 g/mol. The van der Waals surface area contributed by atoms with E-state index in [9.17, 15) is 4.79 Å². The number of carbonyl (C=O) groups is 1. The Hall–Kier alpha value is -0.791. The molecule has 2 rings (SSSR count). The van der Waals surface area contributed by atoms with Gasteiger partial charge in [-0.3, -0.25) is 0 Å². The zero-order valence-corrected chi connectivity index (χ0v) is 10.5. The van der Waals surface area contributed by atoms with Gasteiger partial charge in [0.15, 0.2) is 0 Å². The second-order valence-corrected chi connectivity index (χ2v) is 6.26. The molecular formula is C12H15NOSe. The number of amides is 1. The van der Waals surface area contributed by atoms with E-state index in [-0.39, 0.29) is 11.8 Å². The third-order valence-electron chi connectivity index (χ3n) is 2.63. The second-order valence-electron chi connectivity index (χ2n) is 3.97. The molecule has 1 aromatic rings. The molecule has 0 radical (unpaired) electrons. The summed E-state index contributed by atoms with van der Waals surface area (Å²) in [6.07, 6.45) is 1.01. The van der Waals surface area contributed by atoms with Crippen LogP contribution in [-0.2, 0) is 4.79 Å². The van der Waals surface area contributed by atoms with Crippen molar-refractivity contribution in [2.24, 2.45) is 5.92 Å². The predicted molar refractivity (Wildman–Crippen MR) is 62.3 cm³/mol. The fraction of sp³-hybridized carbons (Fsp3) is 0.417. The van der Waals surface area contributed by atoms with E-state index in [1.54, 1.807) is 0 Å². The molecule has 0 aromatic heterocycles. The maximum absolute atomic E-state index is 11.3. The van der Waals surface area contributed by atoms with Crippen molar-refractivity contribution in [3.63, 3.8) is 0 Å². The Morgan fingerprint density at radius 1 is 1.40 bits per heavy atom. The molecule has 1 N–H and O–H groups in total. The van der Waals surface area contributed by atoms with Gasteiger partial charge in [-0.15, -0.1) is 0 Å². The van der Waals surface area contributed by atoms with E-state index in [1.165, 1.54) is 4.46 Å². The fourth-order valence-electron chi connectivity index (χ4n) is 1.76. The van der Waals surface area contributed by atoms with Crippen molar-refractivity contribution in [3.05, 3.63) is 30.3 Å². The zero-order valence-electron chi connectivity index (χ0n) is 8.77. The van der Waals surface area contributed by atoms with E-state index in [1.807, 2.05) is 13.0 Å². The Morgan fingerprint density at radius 3 is 2.73 bits per heavy atom. The van der Waals surface area contributed by atoms with Crippen LogP contribution in [0.2, 0.25) is 5.32 Å². The molecule has 1 aromatic carbocycles. The molecule has 2 atom stereocenters. The minimum atomic E-state index is 0.210. The van der Waals surface area contributed by atoms with Gasteiger partial charge in [0.05, 0.1) is 0 Å². The topological polar surface area (TPSA) is 29.1 Å². The first-order valence-electron chi connectivity index (χ1n) is 5.24. The number of rotatable bonds is 3. The Labute approximate surface area is 96.6 Å². The summed E-state index contributed by atoms with van der Waals surface area (Å²) in [6, 6.07) is 10.9. The van der Waals surface area contributed by atoms with Gasteiger partial charge in [-0.2, -0.15) is 0 Å². The van der Waals surface area contributed by atoms with Crippen molar-refractivity contribution >= 4 is 25.3 Å². The van der Waals surface area contributed by atoms with Crippen molar-refractivity contribution < 1.29 is 4.79 Å². The Morgan fingerprint density at radius 2 is 2.13 bits per heavy atom. The SMILES string of the molecule is CC1CC(C[Se]c2ccccc2)NC1=O.